The number of nitrogens with two attached hydrogens (primary N) is 1. The minimum Gasteiger partial charge on any atom is -0.389 e. The smallest absolute Gasteiger partial charge is 0.266 e. The zero-order valence-electron chi connectivity index (χ0n) is 10.8. The molecular weight excluding hydrogens is 295 g/mol. The van der Waals surface area contributed by atoms with Crippen molar-refractivity contribution in [3.05, 3.63) is 51.5 Å². The number of thiophene rings is 1. The largest absolute Gasteiger partial charge is 0.389 e. The second kappa shape index (κ2) is 6.11. The highest BCUT2D eigenvalue weighted by Crippen LogP contribution is 2.23. The van der Waals surface area contributed by atoms with E-state index in [0.717, 1.165) is 12.0 Å². The van der Waals surface area contributed by atoms with Crippen LogP contribution in [0.2, 0.25) is 0 Å². The molecule has 0 aliphatic heterocycles. The van der Waals surface area contributed by atoms with Crippen molar-refractivity contribution in [3.8, 4) is 0 Å². The predicted octanol–water partition coefficient (Wildman–Crippen LogP) is 3.34. The highest BCUT2D eigenvalue weighted by Gasteiger charge is 2.16. The lowest BCUT2D eigenvalue weighted by Gasteiger charge is -2.10. The van der Waals surface area contributed by atoms with E-state index in [-0.39, 0.29) is 22.1 Å². The fourth-order valence-electron chi connectivity index (χ4n) is 1.87. The van der Waals surface area contributed by atoms with E-state index in [1.165, 1.54) is 23.5 Å². The quantitative estimate of drug-likeness (QED) is 0.852. The summed E-state index contributed by atoms with van der Waals surface area (Å²) in [6, 6.07) is 6.24. The van der Waals surface area contributed by atoms with Crippen molar-refractivity contribution in [2.75, 3.05) is 5.32 Å². The summed E-state index contributed by atoms with van der Waals surface area (Å²) in [5.41, 5.74) is 6.82. The van der Waals surface area contributed by atoms with Crippen molar-refractivity contribution in [2.24, 2.45) is 5.73 Å². The molecule has 2 rings (SSSR count). The molecule has 0 fully saturated rings. The molecule has 2 aromatic rings. The molecule has 0 saturated heterocycles. The van der Waals surface area contributed by atoms with Crippen LogP contribution in [0.4, 0.5) is 10.1 Å². The number of hydrogen-bond acceptors (Lipinski definition) is 3. The van der Waals surface area contributed by atoms with Crippen LogP contribution in [-0.4, -0.2) is 10.9 Å². The highest BCUT2D eigenvalue weighted by atomic mass is 32.1. The second-order valence-electron chi connectivity index (χ2n) is 4.11. The Morgan fingerprint density at radius 1 is 1.45 bits per heavy atom. The maximum Gasteiger partial charge on any atom is 0.266 e. The summed E-state index contributed by atoms with van der Waals surface area (Å²) in [5, 5.41) is 4.53. The van der Waals surface area contributed by atoms with E-state index in [4.69, 9.17) is 18.0 Å². The van der Waals surface area contributed by atoms with Crippen LogP contribution in [0.5, 0.6) is 0 Å². The summed E-state index contributed by atoms with van der Waals surface area (Å²) in [6.07, 6.45) is 0.761. The molecule has 1 heterocycles. The summed E-state index contributed by atoms with van der Waals surface area (Å²) < 4.78 is 13.7. The third-order valence-corrected chi connectivity index (χ3v) is 4.00. The standard InChI is InChI=1S/C14H13FN2OS2/c1-2-8-6-7-20-12(8)14(18)17-10-5-3-4-9(15)11(10)13(16)19/h3-7H,2H2,1H3,(H2,16,19)(H,17,18). The fraction of sp³-hybridized carbons (Fsp3) is 0.143. The van der Waals surface area contributed by atoms with Gasteiger partial charge in [-0.15, -0.1) is 11.3 Å². The van der Waals surface area contributed by atoms with Gasteiger partial charge in [-0.05, 0) is 35.6 Å². The fourth-order valence-corrected chi connectivity index (χ4v) is 2.97. The Balaban J connectivity index is 2.33. The molecule has 3 N–H and O–H groups in total. The number of aryl methyl sites for hydroxylation is 1. The predicted molar refractivity (Wildman–Crippen MR) is 83.9 cm³/mol. The molecule has 0 radical (unpaired) electrons. The van der Waals surface area contributed by atoms with Gasteiger partial charge in [0.2, 0.25) is 0 Å². The molecule has 0 unspecified atom stereocenters. The van der Waals surface area contributed by atoms with E-state index < -0.39 is 5.82 Å². The minimum absolute atomic E-state index is 0.0606. The first-order valence-electron chi connectivity index (χ1n) is 6.00. The third-order valence-electron chi connectivity index (χ3n) is 2.84. The van der Waals surface area contributed by atoms with Crippen molar-refractivity contribution < 1.29 is 9.18 Å². The molecule has 0 aliphatic carbocycles. The number of halogens is 1. The summed E-state index contributed by atoms with van der Waals surface area (Å²) in [5.74, 6) is -0.822. The van der Waals surface area contributed by atoms with Gasteiger partial charge in [0.05, 0.1) is 16.1 Å². The van der Waals surface area contributed by atoms with Gasteiger partial charge in [0.1, 0.15) is 10.8 Å². The third kappa shape index (κ3) is 2.86. The average Bonchev–Trinajstić information content (AvgIpc) is 2.86. The average molecular weight is 308 g/mol. The SMILES string of the molecule is CCc1ccsc1C(=O)Nc1cccc(F)c1C(N)=S. The summed E-state index contributed by atoms with van der Waals surface area (Å²) in [6.45, 7) is 1.97. The number of nitrogens with one attached hydrogen (secondary N) is 1. The molecular formula is C14H13FN2OS2. The second-order valence-corrected chi connectivity index (χ2v) is 5.47. The van der Waals surface area contributed by atoms with E-state index in [2.05, 4.69) is 5.32 Å². The van der Waals surface area contributed by atoms with Crippen LogP contribution in [0.25, 0.3) is 0 Å². The van der Waals surface area contributed by atoms with E-state index in [1.54, 1.807) is 6.07 Å². The number of thiocarbonyl (C=S) groups is 1. The highest BCUT2D eigenvalue weighted by molar-refractivity contribution is 7.80. The molecule has 1 amide bonds. The Bertz CT molecular complexity index is 667. The van der Waals surface area contributed by atoms with Gasteiger partial charge >= 0.3 is 0 Å². The number of rotatable bonds is 4. The van der Waals surface area contributed by atoms with Gasteiger partial charge < -0.3 is 11.1 Å². The molecule has 20 heavy (non-hydrogen) atoms. The monoisotopic (exact) mass is 308 g/mol. The molecule has 0 bridgehead atoms. The van der Waals surface area contributed by atoms with Gasteiger partial charge in [-0.25, -0.2) is 4.39 Å². The zero-order valence-corrected chi connectivity index (χ0v) is 12.4. The normalized spacial score (nSPS) is 10.3. The van der Waals surface area contributed by atoms with Crippen molar-refractivity contribution in [3.63, 3.8) is 0 Å². The van der Waals surface area contributed by atoms with Crippen LogP contribution in [0, 0.1) is 5.82 Å². The van der Waals surface area contributed by atoms with Crippen LogP contribution in [0.3, 0.4) is 0 Å². The molecule has 0 spiro atoms. The number of carbonyl (C=O) groups is 1. The topological polar surface area (TPSA) is 55.1 Å². The van der Waals surface area contributed by atoms with Crippen molar-refractivity contribution in [1.29, 1.82) is 0 Å². The molecule has 104 valence electrons. The summed E-state index contributed by atoms with van der Waals surface area (Å²) in [4.78, 5) is 12.8. The lowest BCUT2D eigenvalue weighted by molar-refractivity contribution is 0.103. The first-order chi connectivity index (χ1) is 9.54. The zero-order chi connectivity index (χ0) is 14.7. The van der Waals surface area contributed by atoms with Gasteiger partial charge in [-0.3, -0.25) is 4.79 Å². The first kappa shape index (κ1) is 14.6. The molecule has 0 atom stereocenters. The Kier molecular flexibility index (Phi) is 4.46. The van der Waals surface area contributed by atoms with Crippen LogP contribution in [0.1, 0.15) is 27.7 Å². The molecule has 1 aromatic heterocycles. The van der Waals surface area contributed by atoms with E-state index in [1.807, 2.05) is 18.4 Å². The van der Waals surface area contributed by atoms with Crippen LogP contribution in [0.15, 0.2) is 29.6 Å². The Morgan fingerprint density at radius 3 is 2.85 bits per heavy atom. The van der Waals surface area contributed by atoms with Gasteiger partial charge in [-0.1, -0.05) is 25.2 Å². The van der Waals surface area contributed by atoms with E-state index >= 15 is 0 Å². The molecule has 0 aliphatic rings. The van der Waals surface area contributed by atoms with Gasteiger partial charge in [0, 0.05) is 0 Å². The van der Waals surface area contributed by atoms with Crippen LogP contribution in [-0.2, 0) is 6.42 Å². The number of hydrogen-bond donors (Lipinski definition) is 2. The van der Waals surface area contributed by atoms with Gasteiger partial charge in [-0.2, -0.15) is 0 Å². The minimum atomic E-state index is -0.544. The van der Waals surface area contributed by atoms with Gasteiger partial charge in [0.25, 0.3) is 5.91 Å². The lowest BCUT2D eigenvalue weighted by atomic mass is 10.1. The Hall–Kier alpha value is -1.79. The van der Waals surface area contributed by atoms with Crippen molar-refractivity contribution >= 4 is 40.1 Å². The number of benzene rings is 1. The molecule has 1 aromatic carbocycles. The molecule has 3 nitrogen and oxygen atoms in total. The maximum atomic E-state index is 13.7. The summed E-state index contributed by atoms with van der Waals surface area (Å²) in [7, 11) is 0. The Morgan fingerprint density at radius 2 is 2.20 bits per heavy atom. The van der Waals surface area contributed by atoms with E-state index in [9.17, 15) is 9.18 Å². The molecule has 0 saturated carbocycles. The van der Waals surface area contributed by atoms with Crippen LogP contribution < -0.4 is 11.1 Å². The lowest BCUT2D eigenvalue weighted by Crippen LogP contribution is -2.19. The van der Waals surface area contributed by atoms with Crippen LogP contribution >= 0.6 is 23.6 Å². The first-order valence-corrected chi connectivity index (χ1v) is 7.29. The maximum absolute atomic E-state index is 13.7. The number of anilines is 1. The summed E-state index contributed by atoms with van der Waals surface area (Å²) >= 11 is 6.18. The number of carbonyl (C=O) groups excluding carboxylic acids is 1. The Labute approximate surface area is 125 Å². The number of amides is 1. The van der Waals surface area contributed by atoms with Crippen molar-refractivity contribution in [1.82, 2.24) is 0 Å². The van der Waals surface area contributed by atoms with Crippen molar-refractivity contribution in [2.45, 2.75) is 13.3 Å². The molecule has 6 heteroatoms. The van der Waals surface area contributed by atoms with Gasteiger partial charge in [0.15, 0.2) is 0 Å². The van der Waals surface area contributed by atoms with E-state index in [0.29, 0.717) is 4.88 Å².